The number of nitrogens with one attached hydrogen (secondary N) is 1. The number of amides is 2. The molecule has 0 saturated heterocycles. The van der Waals surface area contributed by atoms with Gasteiger partial charge in [0.2, 0.25) is 0 Å². The molecule has 0 fully saturated rings. The fraction of sp³-hybridized carbons (Fsp3) is 0.750. The van der Waals surface area contributed by atoms with Gasteiger partial charge in [0, 0.05) is 0 Å². The molecule has 54 valence electrons. The second-order valence-electron chi connectivity index (χ2n) is 2.68. The predicted octanol–water partition coefficient (Wildman–Crippen LogP) is 1.14. The number of carbonyl (C=O) groups excluding carboxylic acids is 1. The minimum absolute atomic E-state index is 0.456. The van der Waals surface area contributed by atoms with Crippen LogP contribution in [-0.2, 0) is 0 Å². The van der Waals surface area contributed by atoms with Crippen LogP contribution in [-0.4, -0.2) is 13.3 Å². The van der Waals surface area contributed by atoms with Crippen LogP contribution in [0.3, 0.4) is 0 Å². The van der Waals surface area contributed by atoms with Crippen molar-refractivity contribution < 1.29 is 4.79 Å². The van der Waals surface area contributed by atoms with E-state index in [4.69, 9.17) is 5.73 Å². The summed E-state index contributed by atoms with van der Waals surface area (Å²) in [7, 11) is -1.22. The Kier molecular flexibility index (Phi) is 3.06. The Hall–Kier alpha value is -0.163. The SMILES string of the molecule is C[Si](C)(C)SNC(N)=O. The van der Waals surface area contributed by atoms with Gasteiger partial charge in [-0.25, -0.2) is 4.79 Å². The van der Waals surface area contributed by atoms with E-state index in [1.807, 2.05) is 0 Å². The van der Waals surface area contributed by atoms with Gasteiger partial charge in [0.05, 0.1) is 0 Å². The van der Waals surface area contributed by atoms with Gasteiger partial charge in [-0.3, -0.25) is 4.72 Å². The van der Waals surface area contributed by atoms with E-state index in [1.54, 1.807) is 0 Å². The van der Waals surface area contributed by atoms with Crippen molar-refractivity contribution in [1.82, 2.24) is 4.72 Å². The lowest BCUT2D eigenvalue weighted by Crippen LogP contribution is -2.30. The molecule has 0 aromatic heterocycles. The zero-order valence-electron chi connectivity index (χ0n) is 5.89. The molecule has 0 aliphatic heterocycles. The minimum atomic E-state index is -1.22. The van der Waals surface area contributed by atoms with E-state index in [0.29, 0.717) is 0 Å². The Bertz CT molecular complexity index is 112. The van der Waals surface area contributed by atoms with E-state index in [2.05, 4.69) is 24.4 Å². The lowest BCUT2D eigenvalue weighted by Gasteiger charge is -2.13. The highest BCUT2D eigenvalue weighted by atomic mass is 32.4. The Morgan fingerprint density at radius 2 is 2.00 bits per heavy atom. The van der Waals surface area contributed by atoms with E-state index < -0.39 is 13.3 Å². The summed E-state index contributed by atoms with van der Waals surface area (Å²) in [5.41, 5.74) is 4.85. The van der Waals surface area contributed by atoms with Crippen molar-refractivity contribution in [2.24, 2.45) is 5.73 Å². The van der Waals surface area contributed by atoms with Crippen molar-refractivity contribution in [2.45, 2.75) is 19.6 Å². The Labute approximate surface area is 60.2 Å². The first-order chi connectivity index (χ1) is 3.92. The molecular weight excluding hydrogens is 152 g/mol. The van der Waals surface area contributed by atoms with E-state index in [0.717, 1.165) is 0 Å². The van der Waals surface area contributed by atoms with Gasteiger partial charge in [-0.15, -0.1) is 0 Å². The Balaban J connectivity index is 3.39. The van der Waals surface area contributed by atoms with Crippen LogP contribution in [0, 0.1) is 0 Å². The molecule has 0 saturated carbocycles. The third-order valence-electron chi connectivity index (χ3n) is 0.458. The van der Waals surface area contributed by atoms with Gasteiger partial charge in [-0.05, 0) is 0 Å². The highest BCUT2D eigenvalue weighted by molar-refractivity contribution is 8.27. The molecule has 0 bridgehead atoms. The molecule has 0 unspecified atom stereocenters. The molecule has 0 aliphatic carbocycles. The van der Waals surface area contributed by atoms with E-state index in [1.165, 1.54) is 11.4 Å². The van der Waals surface area contributed by atoms with Gasteiger partial charge in [0.1, 0.15) is 7.22 Å². The van der Waals surface area contributed by atoms with Crippen molar-refractivity contribution in [1.29, 1.82) is 0 Å². The molecule has 3 N–H and O–H groups in total. The summed E-state index contributed by atoms with van der Waals surface area (Å²) in [6.45, 7) is 6.40. The normalized spacial score (nSPS) is 11.0. The Morgan fingerprint density at radius 3 is 2.11 bits per heavy atom. The van der Waals surface area contributed by atoms with Crippen LogP contribution in [0.1, 0.15) is 0 Å². The molecule has 5 heteroatoms. The quantitative estimate of drug-likeness (QED) is 0.475. The van der Waals surface area contributed by atoms with E-state index in [-0.39, 0.29) is 0 Å². The number of nitrogens with two attached hydrogens (primary N) is 1. The molecule has 0 rings (SSSR count). The monoisotopic (exact) mass is 164 g/mol. The van der Waals surface area contributed by atoms with Gasteiger partial charge in [0.15, 0.2) is 0 Å². The summed E-state index contributed by atoms with van der Waals surface area (Å²) in [5.74, 6) is 0. The van der Waals surface area contributed by atoms with Crippen LogP contribution in [0.15, 0.2) is 0 Å². The van der Waals surface area contributed by atoms with E-state index >= 15 is 0 Å². The maximum Gasteiger partial charge on any atom is 0.321 e. The summed E-state index contributed by atoms with van der Waals surface area (Å²) >= 11 is 1.46. The fourth-order valence-corrected chi connectivity index (χ4v) is 1.83. The third kappa shape index (κ3) is 7.84. The van der Waals surface area contributed by atoms with Gasteiger partial charge in [0.25, 0.3) is 0 Å². The molecule has 0 heterocycles. The zero-order chi connectivity index (χ0) is 7.49. The summed E-state index contributed by atoms with van der Waals surface area (Å²) in [5, 5.41) is 0. The second kappa shape index (κ2) is 3.12. The summed E-state index contributed by atoms with van der Waals surface area (Å²) < 4.78 is 2.50. The maximum atomic E-state index is 10.2. The molecule has 0 atom stereocenters. The van der Waals surface area contributed by atoms with Crippen LogP contribution in [0.25, 0.3) is 0 Å². The molecule has 0 spiro atoms. The first-order valence-electron chi connectivity index (χ1n) is 2.65. The topological polar surface area (TPSA) is 55.1 Å². The predicted molar refractivity (Wildman–Crippen MR) is 43.7 cm³/mol. The van der Waals surface area contributed by atoms with E-state index in [9.17, 15) is 4.79 Å². The number of carbonyl (C=O) groups is 1. The molecule has 0 aromatic rings. The van der Waals surface area contributed by atoms with Crippen LogP contribution in [0.2, 0.25) is 19.6 Å². The lowest BCUT2D eigenvalue weighted by molar-refractivity contribution is 0.254. The van der Waals surface area contributed by atoms with Crippen molar-refractivity contribution in [2.75, 3.05) is 0 Å². The molecule has 0 radical (unpaired) electrons. The molecule has 9 heavy (non-hydrogen) atoms. The third-order valence-corrected chi connectivity index (χ3v) is 3.52. The summed E-state index contributed by atoms with van der Waals surface area (Å²) in [4.78, 5) is 10.2. The highest BCUT2D eigenvalue weighted by Crippen LogP contribution is 2.14. The number of hydrogen-bond acceptors (Lipinski definition) is 2. The molecular formula is C4H12N2OSSi. The van der Waals surface area contributed by atoms with Crippen molar-refractivity contribution in [3.05, 3.63) is 0 Å². The second-order valence-corrected chi connectivity index (χ2v) is 11.6. The minimum Gasteiger partial charge on any atom is -0.351 e. The molecule has 2 amide bonds. The van der Waals surface area contributed by atoms with Crippen LogP contribution >= 0.6 is 11.4 Å². The van der Waals surface area contributed by atoms with Crippen LogP contribution < -0.4 is 10.5 Å². The molecule has 0 aromatic carbocycles. The standard InChI is InChI=1S/C4H12N2OSSi/c1-9(2,3)8-6-4(5)7/h1-3H3,(H3,5,6,7). The fourth-order valence-electron chi connectivity index (χ4n) is 0.203. The zero-order valence-corrected chi connectivity index (χ0v) is 7.71. The largest absolute Gasteiger partial charge is 0.351 e. The average Bonchev–Trinajstić information content (AvgIpc) is 1.59. The average molecular weight is 164 g/mol. The van der Waals surface area contributed by atoms with Crippen LogP contribution in [0.5, 0.6) is 0 Å². The molecule has 3 nitrogen and oxygen atoms in total. The number of rotatable bonds is 2. The maximum absolute atomic E-state index is 10.2. The van der Waals surface area contributed by atoms with Gasteiger partial charge >= 0.3 is 6.03 Å². The van der Waals surface area contributed by atoms with Crippen LogP contribution in [0.4, 0.5) is 4.79 Å². The van der Waals surface area contributed by atoms with Crippen molar-refractivity contribution in [3.8, 4) is 0 Å². The van der Waals surface area contributed by atoms with Gasteiger partial charge in [-0.1, -0.05) is 31.0 Å². The van der Waals surface area contributed by atoms with Gasteiger partial charge in [-0.2, -0.15) is 0 Å². The molecule has 0 aliphatic rings. The highest BCUT2D eigenvalue weighted by Gasteiger charge is 2.14. The smallest absolute Gasteiger partial charge is 0.321 e. The number of hydrogen-bond donors (Lipinski definition) is 2. The number of primary amides is 1. The number of urea groups is 1. The summed E-state index contributed by atoms with van der Waals surface area (Å²) in [6, 6.07) is -0.456. The Morgan fingerprint density at radius 1 is 1.56 bits per heavy atom. The first kappa shape index (κ1) is 8.84. The van der Waals surface area contributed by atoms with Gasteiger partial charge < -0.3 is 5.73 Å². The lowest BCUT2D eigenvalue weighted by atomic mass is 11.2. The van der Waals surface area contributed by atoms with Crippen molar-refractivity contribution >= 4 is 24.7 Å². The summed E-state index contributed by atoms with van der Waals surface area (Å²) in [6.07, 6.45) is 0. The van der Waals surface area contributed by atoms with Crippen molar-refractivity contribution in [3.63, 3.8) is 0 Å². The first-order valence-corrected chi connectivity index (χ1v) is 7.69.